The molecular weight excluding hydrogens is 436 g/mol. The molecule has 1 saturated carbocycles. The van der Waals surface area contributed by atoms with Gasteiger partial charge in [-0.25, -0.2) is 9.59 Å². The number of carbonyl (C=O) groups excluding carboxylic acids is 2. The van der Waals surface area contributed by atoms with E-state index in [1.165, 1.54) is 18.2 Å². The molecule has 0 bridgehead atoms. The van der Waals surface area contributed by atoms with Gasteiger partial charge in [-0.1, -0.05) is 48.5 Å². The summed E-state index contributed by atoms with van der Waals surface area (Å²) in [5, 5.41) is 14.5. The van der Waals surface area contributed by atoms with Gasteiger partial charge in [0.1, 0.15) is 6.61 Å². The molecule has 2 amide bonds. The van der Waals surface area contributed by atoms with E-state index in [4.69, 9.17) is 9.47 Å². The predicted molar refractivity (Wildman–Crippen MR) is 125 cm³/mol. The number of methoxy groups -OCH3 is 1. The average Bonchev–Trinajstić information content (AvgIpc) is 3.63. The molecule has 2 aromatic rings. The van der Waals surface area contributed by atoms with Crippen LogP contribution in [0.25, 0.3) is 11.1 Å². The summed E-state index contributed by atoms with van der Waals surface area (Å²) >= 11 is 0. The Bertz CT molecular complexity index is 1010. The highest BCUT2D eigenvalue weighted by Gasteiger charge is 2.34. The lowest BCUT2D eigenvalue weighted by Gasteiger charge is -2.19. The Labute approximate surface area is 198 Å². The van der Waals surface area contributed by atoms with Crippen molar-refractivity contribution < 1.29 is 29.0 Å². The van der Waals surface area contributed by atoms with Gasteiger partial charge in [0.05, 0.1) is 6.61 Å². The summed E-state index contributed by atoms with van der Waals surface area (Å²) in [4.78, 5) is 36.1. The van der Waals surface area contributed by atoms with Crippen molar-refractivity contribution >= 4 is 18.0 Å². The molecule has 2 aliphatic rings. The molecule has 1 unspecified atom stereocenters. The molecule has 2 aliphatic carbocycles. The van der Waals surface area contributed by atoms with E-state index in [0.29, 0.717) is 12.5 Å². The fraction of sp³-hybridized carbons (Fsp3) is 0.423. The Morgan fingerprint density at radius 2 is 1.65 bits per heavy atom. The molecular formula is C26H30N2O6. The number of nitrogens with one attached hydrogen (secondary N) is 2. The average molecular weight is 467 g/mol. The highest BCUT2D eigenvalue weighted by Crippen LogP contribution is 2.44. The van der Waals surface area contributed by atoms with Crippen LogP contribution in [0.15, 0.2) is 48.5 Å². The van der Waals surface area contributed by atoms with Crippen LogP contribution in [0.4, 0.5) is 4.79 Å². The van der Waals surface area contributed by atoms with Gasteiger partial charge in [0.15, 0.2) is 6.04 Å². The molecule has 180 valence electrons. The zero-order valence-electron chi connectivity index (χ0n) is 19.2. The van der Waals surface area contributed by atoms with Crippen LogP contribution in [0.3, 0.4) is 0 Å². The first kappa shape index (κ1) is 23.8. The fourth-order valence-electron chi connectivity index (χ4n) is 4.67. The molecule has 2 atom stereocenters. The molecule has 0 aromatic heterocycles. The molecule has 4 rings (SSSR count). The van der Waals surface area contributed by atoms with E-state index < -0.39 is 18.1 Å². The van der Waals surface area contributed by atoms with Crippen LogP contribution in [-0.2, 0) is 19.1 Å². The number of ether oxygens (including phenoxy) is 2. The van der Waals surface area contributed by atoms with Crippen LogP contribution >= 0.6 is 0 Å². The Morgan fingerprint density at radius 1 is 1.03 bits per heavy atom. The van der Waals surface area contributed by atoms with E-state index in [2.05, 4.69) is 34.9 Å². The van der Waals surface area contributed by atoms with Crippen LogP contribution in [0.1, 0.15) is 36.3 Å². The topological polar surface area (TPSA) is 114 Å². The molecule has 8 heteroatoms. The van der Waals surface area contributed by atoms with Crippen LogP contribution in [0, 0.1) is 11.8 Å². The first-order chi connectivity index (χ1) is 16.5. The second kappa shape index (κ2) is 10.7. The van der Waals surface area contributed by atoms with Crippen LogP contribution < -0.4 is 10.6 Å². The molecule has 0 aliphatic heterocycles. The van der Waals surface area contributed by atoms with Crippen molar-refractivity contribution in [2.24, 2.45) is 11.8 Å². The molecule has 2 aromatic carbocycles. The third-order valence-corrected chi connectivity index (χ3v) is 6.56. The summed E-state index contributed by atoms with van der Waals surface area (Å²) in [5.74, 6) is -1.26. The Balaban J connectivity index is 1.29. The third kappa shape index (κ3) is 5.56. The molecule has 0 radical (unpaired) electrons. The lowest BCUT2D eigenvalue weighted by molar-refractivity contribution is -0.143. The second-order valence-corrected chi connectivity index (χ2v) is 8.92. The van der Waals surface area contributed by atoms with E-state index in [9.17, 15) is 19.5 Å². The summed E-state index contributed by atoms with van der Waals surface area (Å²) in [7, 11) is 1.38. The summed E-state index contributed by atoms with van der Waals surface area (Å²) < 4.78 is 10.4. The molecule has 0 spiro atoms. The van der Waals surface area contributed by atoms with Crippen LogP contribution in [0.2, 0.25) is 0 Å². The zero-order valence-corrected chi connectivity index (χ0v) is 19.2. The third-order valence-electron chi connectivity index (χ3n) is 6.56. The summed E-state index contributed by atoms with van der Waals surface area (Å²) in [6.45, 7) is 0.426. The molecule has 0 saturated heterocycles. The summed E-state index contributed by atoms with van der Waals surface area (Å²) in [6.07, 6.45) is 1.60. The number of carboxylic acids is 1. The Hall–Kier alpha value is -3.39. The number of aliphatic carboxylic acids is 1. The van der Waals surface area contributed by atoms with Crippen molar-refractivity contribution in [3.63, 3.8) is 0 Å². The number of alkyl carbamates (subject to hydrolysis) is 1. The quantitative estimate of drug-likeness (QED) is 0.469. The van der Waals surface area contributed by atoms with Gasteiger partial charge in [-0.15, -0.1) is 0 Å². The summed E-state index contributed by atoms with van der Waals surface area (Å²) in [5.41, 5.74) is 4.63. The Kier molecular flexibility index (Phi) is 7.47. The highest BCUT2D eigenvalue weighted by atomic mass is 16.5. The lowest BCUT2D eigenvalue weighted by atomic mass is 9.98. The number of fused-ring (bicyclic) bond motifs is 3. The predicted octanol–water partition coefficient (Wildman–Crippen LogP) is 3.16. The first-order valence-corrected chi connectivity index (χ1v) is 11.6. The number of carboxylic acid groups (broad SMARTS) is 1. The normalized spacial score (nSPS) is 16.1. The van der Waals surface area contributed by atoms with E-state index in [1.54, 1.807) is 0 Å². The minimum Gasteiger partial charge on any atom is -0.480 e. The largest absolute Gasteiger partial charge is 0.480 e. The van der Waals surface area contributed by atoms with Crippen molar-refractivity contribution in [1.29, 1.82) is 0 Å². The highest BCUT2D eigenvalue weighted by molar-refractivity contribution is 5.84. The zero-order chi connectivity index (χ0) is 24.1. The van der Waals surface area contributed by atoms with Gasteiger partial charge in [-0.2, -0.15) is 0 Å². The number of benzene rings is 2. The molecule has 8 nitrogen and oxygen atoms in total. The van der Waals surface area contributed by atoms with Crippen LogP contribution in [0.5, 0.6) is 0 Å². The van der Waals surface area contributed by atoms with Gasteiger partial charge in [0, 0.05) is 26.0 Å². The van der Waals surface area contributed by atoms with Crippen molar-refractivity contribution in [3.8, 4) is 11.1 Å². The monoisotopic (exact) mass is 466 g/mol. The number of hydrogen-bond donors (Lipinski definition) is 3. The van der Waals surface area contributed by atoms with Gasteiger partial charge in [0.2, 0.25) is 5.91 Å². The minimum absolute atomic E-state index is 0.0168. The van der Waals surface area contributed by atoms with Crippen molar-refractivity contribution in [2.45, 2.75) is 31.2 Å². The number of hydrogen-bond acceptors (Lipinski definition) is 5. The van der Waals surface area contributed by atoms with E-state index in [1.807, 2.05) is 24.3 Å². The maximum Gasteiger partial charge on any atom is 0.407 e. The number of rotatable bonds is 11. The number of amides is 2. The molecule has 1 fully saturated rings. The maximum atomic E-state index is 12.5. The summed E-state index contributed by atoms with van der Waals surface area (Å²) in [6, 6.07) is 15.2. The van der Waals surface area contributed by atoms with E-state index in [0.717, 1.165) is 24.0 Å². The van der Waals surface area contributed by atoms with Crippen molar-refractivity contribution in [1.82, 2.24) is 10.6 Å². The molecule has 34 heavy (non-hydrogen) atoms. The first-order valence-electron chi connectivity index (χ1n) is 11.6. The van der Waals surface area contributed by atoms with Gasteiger partial charge in [-0.3, -0.25) is 4.79 Å². The van der Waals surface area contributed by atoms with Gasteiger partial charge in [-0.05, 0) is 46.9 Å². The van der Waals surface area contributed by atoms with Gasteiger partial charge >= 0.3 is 12.1 Å². The fourth-order valence-corrected chi connectivity index (χ4v) is 4.67. The maximum absolute atomic E-state index is 12.5. The number of carbonyl (C=O) groups is 3. The van der Waals surface area contributed by atoms with Gasteiger partial charge < -0.3 is 25.2 Å². The van der Waals surface area contributed by atoms with Crippen molar-refractivity contribution in [3.05, 3.63) is 59.7 Å². The van der Waals surface area contributed by atoms with E-state index >= 15 is 0 Å². The van der Waals surface area contributed by atoms with Crippen molar-refractivity contribution in [2.75, 3.05) is 26.9 Å². The minimum atomic E-state index is -1.14. The second-order valence-electron chi connectivity index (χ2n) is 8.92. The molecule has 3 N–H and O–H groups in total. The smallest absolute Gasteiger partial charge is 0.407 e. The van der Waals surface area contributed by atoms with Crippen LogP contribution in [-0.4, -0.2) is 56.0 Å². The molecule has 0 heterocycles. The van der Waals surface area contributed by atoms with Gasteiger partial charge in [0.25, 0.3) is 0 Å². The Morgan fingerprint density at radius 3 is 2.21 bits per heavy atom. The van der Waals surface area contributed by atoms with E-state index in [-0.39, 0.29) is 37.4 Å². The SMILES string of the molecule is COC[C@H](NC(=O)CC(CNC(=O)OCC1c2ccccc2-c2ccccc21)C1CC1)C(=O)O. The lowest BCUT2D eigenvalue weighted by Crippen LogP contribution is -2.45. The standard InChI is InChI=1S/C26H30N2O6/c1-33-15-23(25(30)31)28-24(29)12-17(16-10-11-16)13-27-26(32)34-14-22-20-8-4-2-6-18(20)19-7-3-5-9-21(19)22/h2-9,16-17,22-23H,10-15H2,1H3,(H,27,32)(H,28,29)(H,30,31)/t17?,23-/m0/s1.